The fourth-order valence-corrected chi connectivity index (χ4v) is 3.37. The Morgan fingerprint density at radius 3 is 3.06 bits per heavy atom. The molecule has 0 amide bonds. The minimum absolute atomic E-state index is 0.191. The van der Waals surface area contributed by atoms with Gasteiger partial charge in [0.1, 0.15) is 0 Å². The van der Waals surface area contributed by atoms with Gasteiger partial charge in [-0.3, -0.25) is 4.68 Å². The van der Waals surface area contributed by atoms with Crippen LogP contribution in [0.3, 0.4) is 0 Å². The summed E-state index contributed by atoms with van der Waals surface area (Å²) in [6.45, 7) is 3.94. The number of aromatic nitrogens is 2. The lowest BCUT2D eigenvalue weighted by Crippen LogP contribution is -2.42. The van der Waals surface area contributed by atoms with Crippen molar-refractivity contribution in [1.82, 2.24) is 9.78 Å². The van der Waals surface area contributed by atoms with Crippen molar-refractivity contribution in [3.8, 4) is 0 Å². The predicted octanol–water partition coefficient (Wildman–Crippen LogP) is 2.81. The topological polar surface area (TPSA) is 39.1 Å². The molecule has 4 heteroatoms. The Hall–Kier alpha value is -1.03. The molecule has 0 radical (unpaired) electrons. The molecule has 1 saturated carbocycles. The van der Waals surface area contributed by atoms with Crippen LogP contribution in [0.2, 0.25) is 0 Å². The average Bonchev–Trinajstić information content (AvgIpc) is 2.99. The molecule has 1 unspecified atom stereocenters. The van der Waals surface area contributed by atoms with Gasteiger partial charge in [-0.15, -0.1) is 0 Å². The average molecular weight is 249 g/mol. The van der Waals surface area contributed by atoms with Crippen molar-refractivity contribution in [1.29, 1.82) is 0 Å². The molecule has 1 aliphatic heterocycles. The number of ether oxygens (including phenoxy) is 1. The van der Waals surface area contributed by atoms with E-state index in [2.05, 4.69) is 23.5 Å². The molecule has 100 valence electrons. The number of hydrogen-bond acceptors (Lipinski definition) is 3. The maximum atomic E-state index is 6.06. The first-order chi connectivity index (χ1) is 8.80. The SMILES string of the molecule is CCn1cc(NC2CCOC3(CCCC3)C2)cn1. The Kier molecular flexibility index (Phi) is 3.29. The van der Waals surface area contributed by atoms with Crippen molar-refractivity contribution >= 4 is 5.69 Å². The highest BCUT2D eigenvalue weighted by Gasteiger charge is 2.39. The molecule has 1 atom stereocenters. The third-order valence-corrected chi connectivity index (χ3v) is 4.34. The third-order valence-electron chi connectivity index (χ3n) is 4.34. The number of hydrogen-bond donors (Lipinski definition) is 1. The second-order valence-corrected chi connectivity index (χ2v) is 5.66. The summed E-state index contributed by atoms with van der Waals surface area (Å²) in [5.74, 6) is 0. The Bertz CT molecular complexity index is 395. The molecule has 2 heterocycles. The molecule has 1 aromatic heterocycles. The normalized spacial score (nSPS) is 26.6. The number of nitrogens with one attached hydrogen (secondary N) is 1. The zero-order chi connectivity index (χ0) is 12.4. The first kappa shape index (κ1) is 12.0. The molecule has 4 nitrogen and oxygen atoms in total. The molecule has 0 bridgehead atoms. The van der Waals surface area contributed by atoms with Gasteiger partial charge < -0.3 is 10.1 Å². The zero-order valence-corrected chi connectivity index (χ0v) is 11.2. The van der Waals surface area contributed by atoms with Crippen molar-refractivity contribution in [2.75, 3.05) is 11.9 Å². The second-order valence-electron chi connectivity index (χ2n) is 5.66. The molecule has 18 heavy (non-hydrogen) atoms. The summed E-state index contributed by atoms with van der Waals surface area (Å²) in [6.07, 6.45) is 11.5. The fraction of sp³-hybridized carbons (Fsp3) is 0.786. The smallest absolute Gasteiger partial charge is 0.0728 e. The lowest BCUT2D eigenvalue weighted by Gasteiger charge is -2.38. The maximum absolute atomic E-state index is 6.06. The van der Waals surface area contributed by atoms with Crippen LogP contribution in [0.15, 0.2) is 12.4 Å². The van der Waals surface area contributed by atoms with Crippen molar-refractivity contribution < 1.29 is 4.74 Å². The molecule has 2 aliphatic rings. The molecular weight excluding hydrogens is 226 g/mol. The van der Waals surface area contributed by atoms with Gasteiger partial charge in [0.2, 0.25) is 0 Å². The minimum Gasteiger partial charge on any atom is -0.380 e. The predicted molar refractivity (Wildman–Crippen MR) is 71.7 cm³/mol. The Morgan fingerprint density at radius 1 is 1.50 bits per heavy atom. The van der Waals surface area contributed by atoms with Gasteiger partial charge in [-0.1, -0.05) is 12.8 Å². The largest absolute Gasteiger partial charge is 0.380 e. The van der Waals surface area contributed by atoms with Crippen LogP contribution in [-0.4, -0.2) is 28.0 Å². The van der Waals surface area contributed by atoms with E-state index in [4.69, 9.17) is 4.74 Å². The first-order valence-electron chi connectivity index (χ1n) is 7.23. The zero-order valence-electron chi connectivity index (χ0n) is 11.2. The van der Waals surface area contributed by atoms with Gasteiger partial charge >= 0.3 is 0 Å². The van der Waals surface area contributed by atoms with Crippen LogP contribution < -0.4 is 5.32 Å². The molecule has 1 aliphatic carbocycles. The summed E-state index contributed by atoms with van der Waals surface area (Å²) in [6, 6.07) is 0.548. The van der Waals surface area contributed by atoms with E-state index in [1.54, 1.807) is 0 Å². The summed E-state index contributed by atoms with van der Waals surface area (Å²) in [7, 11) is 0. The summed E-state index contributed by atoms with van der Waals surface area (Å²) in [4.78, 5) is 0. The lowest BCUT2D eigenvalue weighted by atomic mass is 9.89. The Labute approximate surface area is 109 Å². The van der Waals surface area contributed by atoms with E-state index in [9.17, 15) is 0 Å². The monoisotopic (exact) mass is 249 g/mol. The summed E-state index contributed by atoms with van der Waals surface area (Å²) in [5.41, 5.74) is 1.34. The number of anilines is 1. The van der Waals surface area contributed by atoms with Crippen molar-refractivity contribution in [3.05, 3.63) is 12.4 Å². The van der Waals surface area contributed by atoms with Crippen molar-refractivity contribution in [2.24, 2.45) is 0 Å². The highest BCUT2D eigenvalue weighted by molar-refractivity contribution is 5.39. The lowest BCUT2D eigenvalue weighted by molar-refractivity contribution is -0.0767. The highest BCUT2D eigenvalue weighted by atomic mass is 16.5. The van der Waals surface area contributed by atoms with E-state index in [0.717, 1.165) is 31.7 Å². The van der Waals surface area contributed by atoms with Gasteiger partial charge in [0, 0.05) is 25.4 Å². The maximum Gasteiger partial charge on any atom is 0.0728 e. The molecule has 1 N–H and O–H groups in total. The molecule has 0 aromatic carbocycles. The van der Waals surface area contributed by atoms with E-state index in [-0.39, 0.29) is 5.60 Å². The van der Waals surface area contributed by atoms with E-state index in [1.807, 2.05) is 10.9 Å². The van der Waals surface area contributed by atoms with Gasteiger partial charge in [-0.25, -0.2) is 0 Å². The van der Waals surface area contributed by atoms with Crippen molar-refractivity contribution in [2.45, 2.75) is 63.6 Å². The van der Waals surface area contributed by atoms with Gasteiger partial charge in [-0.2, -0.15) is 5.10 Å². The second kappa shape index (κ2) is 4.92. The van der Waals surface area contributed by atoms with Gasteiger partial charge in [0.25, 0.3) is 0 Å². The van der Waals surface area contributed by atoms with Crippen LogP contribution in [0.4, 0.5) is 5.69 Å². The van der Waals surface area contributed by atoms with Gasteiger partial charge in [0.15, 0.2) is 0 Å². The molecule has 1 aromatic rings. The highest BCUT2D eigenvalue weighted by Crippen LogP contribution is 2.40. The molecular formula is C14H23N3O. The number of aryl methyl sites for hydroxylation is 1. The molecule has 3 rings (SSSR count). The standard InChI is InChI=1S/C14H23N3O/c1-2-17-11-13(10-15-17)16-12-5-8-18-14(9-12)6-3-4-7-14/h10-12,16H,2-9H2,1H3. The Balaban J connectivity index is 1.62. The van der Waals surface area contributed by atoms with Crippen LogP contribution in [0.1, 0.15) is 45.4 Å². The van der Waals surface area contributed by atoms with Crippen LogP contribution in [0.5, 0.6) is 0 Å². The number of nitrogens with zero attached hydrogens (tertiary/aromatic N) is 2. The van der Waals surface area contributed by atoms with Crippen molar-refractivity contribution in [3.63, 3.8) is 0 Å². The van der Waals surface area contributed by atoms with Crippen LogP contribution >= 0.6 is 0 Å². The molecule has 1 spiro atoms. The van der Waals surface area contributed by atoms with Crippen LogP contribution in [0.25, 0.3) is 0 Å². The van der Waals surface area contributed by atoms with Gasteiger partial charge in [-0.05, 0) is 32.6 Å². The quantitative estimate of drug-likeness (QED) is 0.895. The summed E-state index contributed by atoms with van der Waals surface area (Å²) in [5, 5.41) is 7.94. The third kappa shape index (κ3) is 2.39. The van der Waals surface area contributed by atoms with E-state index in [0.29, 0.717) is 6.04 Å². The Morgan fingerprint density at radius 2 is 2.33 bits per heavy atom. The van der Waals surface area contributed by atoms with Crippen LogP contribution in [0, 0.1) is 0 Å². The number of rotatable bonds is 3. The fourth-order valence-electron chi connectivity index (χ4n) is 3.37. The molecule has 2 fully saturated rings. The first-order valence-corrected chi connectivity index (χ1v) is 7.23. The van der Waals surface area contributed by atoms with E-state index >= 15 is 0 Å². The summed E-state index contributed by atoms with van der Waals surface area (Å²) >= 11 is 0. The van der Waals surface area contributed by atoms with Gasteiger partial charge in [0.05, 0.1) is 17.5 Å². The summed E-state index contributed by atoms with van der Waals surface area (Å²) < 4.78 is 8.03. The molecule has 1 saturated heterocycles. The van der Waals surface area contributed by atoms with E-state index in [1.165, 1.54) is 25.7 Å². The van der Waals surface area contributed by atoms with Crippen LogP contribution in [-0.2, 0) is 11.3 Å². The minimum atomic E-state index is 0.191. The van der Waals surface area contributed by atoms with E-state index < -0.39 is 0 Å².